The minimum atomic E-state index is -0.819. The molecule has 98 valence electrons. The van der Waals surface area contributed by atoms with Crippen molar-refractivity contribution in [3.8, 4) is 0 Å². The topological polar surface area (TPSA) is 72.2 Å². The molecule has 1 unspecified atom stereocenters. The van der Waals surface area contributed by atoms with Crippen molar-refractivity contribution in [3.05, 3.63) is 39.7 Å². The van der Waals surface area contributed by atoms with Gasteiger partial charge < -0.3 is 5.32 Å². The summed E-state index contributed by atoms with van der Waals surface area (Å²) in [6, 6.07) is 2.74. The Labute approximate surface area is 108 Å². The molecule has 1 atom stereocenters. The standard InChI is InChI=1S/C11H12ClFN2O3/c1-7(12)2-3-14-11(16)8-4-9(13)6-10(5-8)15(17)18/h4-7H,2-3H2,1H3,(H,14,16). The predicted molar refractivity (Wildman–Crippen MR) is 65.3 cm³/mol. The Kier molecular flexibility index (Phi) is 5.03. The van der Waals surface area contributed by atoms with Gasteiger partial charge in [0.25, 0.3) is 11.6 Å². The van der Waals surface area contributed by atoms with Crippen LogP contribution in [0.15, 0.2) is 18.2 Å². The number of carbonyl (C=O) groups excluding carboxylic acids is 1. The fourth-order valence-electron chi connectivity index (χ4n) is 1.30. The summed E-state index contributed by atoms with van der Waals surface area (Å²) in [5, 5.41) is 12.9. The van der Waals surface area contributed by atoms with E-state index in [0.29, 0.717) is 13.0 Å². The number of carbonyl (C=O) groups is 1. The van der Waals surface area contributed by atoms with E-state index >= 15 is 0 Å². The molecule has 0 aliphatic carbocycles. The van der Waals surface area contributed by atoms with E-state index in [1.54, 1.807) is 6.92 Å². The van der Waals surface area contributed by atoms with Crippen LogP contribution >= 0.6 is 11.6 Å². The van der Waals surface area contributed by atoms with E-state index in [9.17, 15) is 19.3 Å². The number of hydrogen-bond acceptors (Lipinski definition) is 3. The van der Waals surface area contributed by atoms with Crippen molar-refractivity contribution in [2.45, 2.75) is 18.7 Å². The van der Waals surface area contributed by atoms with E-state index in [-0.39, 0.29) is 10.9 Å². The minimum absolute atomic E-state index is 0.0797. The predicted octanol–water partition coefficient (Wildman–Crippen LogP) is 2.48. The fraction of sp³-hybridized carbons (Fsp3) is 0.364. The molecule has 0 heterocycles. The molecule has 0 aromatic heterocycles. The highest BCUT2D eigenvalue weighted by molar-refractivity contribution is 6.20. The van der Waals surface area contributed by atoms with Gasteiger partial charge in [-0.1, -0.05) is 0 Å². The molecule has 0 aliphatic rings. The molecule has 0 spiro atoms. The summed E-state index contributed by atoms with van der Waals surface area (Å²) in [6.45, 7) is 2.11. The zero-order valence-corrected chi connectivity index (χ0v) is 10.4. The molecule has 1 aromatic rings. The molecular formula is C11H12ClFN2O3. The number of nitrogens with zero attached hydrogens (tertiary/aromatic N) is 1. The quantitative estimate of drug-likeness (QED) is 0.509. The third-order valence-corrected chi connectivity index (χ3v) is 2.40. The van der Waals surface area contributed by atoms with Crippen LogP contribution < -0.4 is 5.32 Å². The number of benzene rings is 1. The molecule has 0 radical (unpaired) electrons. The Morgan fingerprint density at radius 2 is 2.22 bits per heavy atom. The number of hydrogen-bond donors (Lipinski definition) is 1. The van der Waals surface area contributed by atoms with E-state index in [2.05, 4.69) is 5.32 Å². The number of non-ortho nitro benzene ring substituents is 1. The van der Waals surface area contributed by atoms with Crippen molar-refractivity contribution in [2.24, 2.45) is 0 Å². The number of nitro benzene ring substituents is 1. The van der Waals surface area contributed by atoms with Gasteiger partial charge in [-0.25, -0.2) is 4.39 Å². The van der Waals surface area contributed by atoms with Crippen LogP contribution in [0.3, 0.4) is 0 Å². The first-order chi connectivity index (χ1) is 8.40. The highest BCUT2D eigenvalue weighted by Crippen LogP contribution is 2.16. The summed E-state index contributed by atoms with van der Waals surface area (Å²) in [5.41, 5.74) is -0.533. The molecule has 18 heavy (non-hydrogen) atoms. The van der Waals surface area contributed by atoms with Crippen LogP contribution in [0.2, 0.25) is 0 Å². The molecule has 0 aliphatic heterocycles. The Morgan fingerprint density at radius 3 is 2.78 bits per heavy atom. The monoisotopic (exact) mass is 274 g/mol. The van der Waals surface area contributed by atoms with E-state index in [1.165, 1.54) is 0 Å². The Hall–Kier alpha value is -1.69. The maximum Gasteiger partial charge on any atom is 0.273 e. The molecule has 0 fully saturated rings. The molecule has 1 amide bonds. The Balaban J connectivity index is 2.76. The van der Waals surface area contributed by atoms with Crippen LogP contribution in [-0.4, -0.2) is 22.8 Å². The van der Waals surface area contributed by atoms with Crippen LogP contribution in [0, 0.1) is 15.9 Å². The molecule has 1 N–H and O–H groups in total. The molecule has 1 aromatic carbocycles. The third kappa shape index (κ3) is 4.29. The van der Waals surface area contributed by atoms with Crippen LogP contribution in [0.25, 0.3) is 0 Å². The number of nitro groups is 1. The molecule has 0 saturated heterocycles. The molecule has 1 rings (SSSR count). The molecule has 0 saturated carbocycles. The van der Waals surface area contributed by atoms with Crippen molar-refractivity contribution < 1.29 is 14.1 Å². The molecule has 7 heteroatoms. The van der Waals surface area contributed by atoms with Crippen LogP contribution in [-0.2, 0) is 0 Å². The lowest BCUT2D eigenvalue weighted by Crippen LogP contribution is -2.25. The van der Waals surface area contributed by atoms with Gasteiger partial charge in [0.15, 0.2) is 0 Å². The summed E-state index contributed by atoms with van der Waals surface area (Å²) < 4.78 is 13.1. The van der Waals surface area contributed by atoms with Crippen molar-refractivity contribution in [3.63, 3.8) is 0 Å². The lowest BCUT2D eigenvalue weighted by Gasteiger charge is -2.06. The second-order valence-corrected chi connectivity index (χ2v) is 4.53. The first kappa shape index (κ1) is 14.4. The number of alkyl halides is 1. The minimum Gasteiger partial charge on any atom is -0.352 e. The smallest absolute Gasteiger partial charge is 0.273 e. The highest BCUT2D eigenvalue weighted by atomic mass is 35.5. The van der Waals surface area contributed by atoms with Gasteiger partial charge in [0.2, 0.25) is 0 Å². The van der Waals surface area contributed by atoms with Crippen LogP contribution in [0.1, 0.15) is 23.7 Å². The summed E-state index contributed by atoms with van der Waals surface area (Å²) in [6.07, 6.45) is 0.560. The van der Waals surface area contributed by atoms with Gasteiger partial charge >= 0.3 is 0 Å². The molecule has 0 bridgehead atoms. The number of nitrogens with one attached hydrogen (secondary N) is 1. The second kappa shape index (κ2) is 6.30. The fourth-order valence-corrected chi connectivity index (χ4v) is 1.41. The summed E-state index contributed by atoms with van der Waals surface area (Å²) in [4.78, 5) is 21.4. The van der Waals surface area contributed by atoms with E-state index in [0.717, 1.165) is 18.2 Å². The SMILES string of the molecule is CC(Cl)CCNC(=O)c1cc(F)cc([N+](=O)[O-])c1. The van der Waals surface area contributed by atoms with Crippen LogP contribution in [0.5, 0.6) is 0 Å². The van der Waals surface area contributed by atoms with Gasteiger partial charge in [-0.15, -0.1) is 11.6 Å². The van der Waals surface area contributed by atoms with Crippen molar-refractivity contribution in [1.29, 1.82) is 0 Å². The summed E-state index contributed by atoms with van der Waals surface area (Å²) in [7, 11) is 0. The maximum absolute atomic E-state index is 13.1. The van der Waals surface area contributed by atoms with Crippen molar-refractivity contribution in [2.75, 3.05) is 6.54 Å². The van der Waals surface area contributed by atoms with Crippen molar-refractivity contribution >= 4 is 23.2 Å². The summed E-state index contributed by atoms with van der Waals surface area (Å²) in [5.74, 6) is -1.38. The lowest BCUT2D eigenvalue weighted by atomic mass is 10.2. The first-order valence-corrected chi connectivity index (χ1v) is 5.71. The zero-order valence-electron chi connectivity index (χ0n) is 9.65. The number of amides is 1. The second-order valence-electron chi connectivity index (χ2n) is 3.78. The average Bonchev–Trinajstić information content (AvgIpc) is 2.27. The van der Waals surface area contributed by atoms with Gasteiger partial charge in [0.1, 0.15) is 5.82 Å². The lowest BCUT2D eigenvalue weighted by molar-refractivity contribution is -0.385. The first-order valence-electron chi connectivity index (χ1n) is 5.27. The third-order valence-electron chi connectivity index (χ3n) is 2.18. The highest BCUT2D eigenvalue weighted by Gasteiger charge is 2.14. The summed E-state index contributed by atoms with van der Waals surface area (Å²) >= 11 is 5.70. The van der Waals surface area contributed by atoms with Gasteiger partial charge in [-0.05, 0) is 19.4 Å². The van der Waals surface area contributed by atoms with E-state index < -0.39 is 22.3 Å². The molecular weight excluding hydrogens is 263 g/mol. The normalized spacial score (nSPS) is 11.9. The number of rotatable bonds is 5. The van der Waals surface area contributed by atoms with Gasteiger partial charge in [0, 0.05) is 23.6 Å². The average molecular weight is 275 g/mol. The Bertz CT molecular complexity index is 466. The van der Waals surface area contributed by atoms with Crippen molar-refractivity contribution in [1.82, 2.24) is 5.32 Å². The zero-order chi connectivity index (χ0) is 13.7. The molecule has 5 nitrogen and oxygen atoms in total. The van der Waals surface area contributed by atoms with Crippen LogP contribution in [0.4, 0.5) is 10.1 Å². The van der Waals surface area contributed by atoms with Gasteiger partial charge in [-0.3, -0.25) is 14.9 Å². The van der Waals surface area contributed by atoms with E-state index in [1.807, 2.05) is 0 Å². The van der Waals surface area contributed by atoms with E-state index in [4.69, 9.17) is 11.6 Å². The van der Waals surface area contributed by atoms with Gasteiger partial charge in [0.05, 0.1) is 11.0 Å². The largest absolute Gasteiger partial charge is 0.352 e. The number of halogens is 2. The maximum atomic E-state index is 13.1. The van der Waals surface area contributed by atoms with Gasteiger partial charge in [-0.2, -0.15) is 0 Å². The Morgan fingerprint density at radius 1 is 1.56 bits per heavy atom.